The van der Waals surface area contributed by atoms with Gasteiger partial charge in [-0.2, -0.15) is 35.1 Å². The lowest BCUT2D eigenvalue weighted by atomic mass is 9.90. The minimum absolute atomic E-state index is 0.0660. The molecule has 0 radical (unpaired) electrons. The fraction of sp³-hybridized carbons (Fsp3) is 0.250. The zero-order valence-corrected chi connectivity index (χ0v) is 12.5. The van der Waals surface area contributed by atoms with Gasteiger partial charge in [-0.25, -0.2) is 0 Å². The van der Waals surface area contributed by atoms with Crippen LogP contribution in [-0.4, -0.2) is 22.1 Å². The van der Waals surface area contributed by atoms with Crippen LogP contribution in [0.2, 0.25) is 0 Å². The molecule has 0 saturated heterocycles. The standard InChI is InChI=1S/C16H10F8O2/c17-13(18,9-3-1-5-11(25)7-9)15(21,22)16(23,24)14(19,20)10-4-2-6-12(26)8-10/h1-8,25-26H. The second kappa shape index (κ2) is 6.03. The third-order valence-corrected chi connectivity index (χ3v) is 3.60. The van der Waals surface area contributed by atoms with Crippen LogP contribution < -0.4 is 0 Å². The number of phenolic OH excluding ortho intramolecular Hbond substituents is 2. The van der Waals surface area contributed by atoms with E-state index in [1.165, 1.54) is 0 Å². The van der Waals surface area contributed by atoms with Gasteiger partial charge in [-0.1, -0.05) is 24.3 Å². The van der Waals surface area contributed by atoms with E-state index >= 15 is 0 Å². The molecular weight excluding hydrogens is 376 g/mol. The predicted octanol–water partition coefficient (Wildman–Crippen LogP) is 5.25. The molecule has 26 heavy (non-hydrogen) atoms. The maximum Gasteiger partial charge on any atom is 0.382 e. The molecule has 0 amide bonds. The molecule has 10 heteroatoms. The number of alkyl halides is 8. The minimum Gasteiger partial charge on any atom is -0.508 e. The van der Waals surface area contributed by atoms with Crippen molar-refractivity contribution in [3.8, 4) is 11.5 Å². The third-order valence-electron chi connectivity index (χ3n) is 3.60. The first-order valence-electron chi connectivity index (χ1n) is 6.85. The Hall–Kier alpha value is -2.52. The summed E-state index contributed by atoms with van der Waals surface area (Å²) in [6, 6.07) is 3.65. The first-order chi connectivity index (χ1) is 11.7. The molecule has 0 saturated carbocycles. The molecule has 2 N–H and O–H groups in total. The van der Waals surface area contributed by atoms with Gasteiger partial charge in [0.1, 0.15) is 11.5 Å². The van der Waals surface area contributed by atoms with E-state index in [9.17, 15) is 35.1 Å². The summed E-state index contributed by atoms with van der Waals surface area (Å²) in [6.45, 7) is 0. The second-order valence-corrected chi connectivity index (χ2v) is 5.40. The molecule has 0 aliphatic rings. The van der Waals surface area contributed by atoms with Crippen molar-refractivity contribution in [2.24, 2.45) is 0 Å². The number of rotatable bonds is 5. The van der Waals surface area contributed by atoms with E-state index in [2.05, 4.69) is 0 Å². The first kappa shape index (κ1) is 19.8. The van der Waals surface area contributed by atoms with Gasteiger partial charge in [0.2, 0.25) is 0 Å². The zero-order valence-electron chi connectivity index (χ0n) is 12.5. The summed E-state index contributed by atoms with van der Waals surface area (Å²) in [4.78, 5) is 0. The van der Waals surface area contributed by atoms with Crippen LogP contribution in [0.1, 0.15) is 11.1 Å². The van der Waals surface area contributed by atoms with E-state index in [0.717, 1.165) is 12.1 Å². The van der Waals surface area contributed by atoms with Crippen molar-refractivity contribution in [1.29, 1.82) is 0 Å². The van der Waals surface area contributed by atoms with E-state index in [0.29, 0.717) is 12.1 Å². The number of aromatic hydroxyl groups is 2. The van der Waals surface area contributed by atoms with Crippen molar-refractivity contribution < 1.29 is 45.3 Å². The Labute approximate surface area is 141 Å². The smallest absolute Gasteiger partial charge is 0.382 e. The first-order valence-corrected chi connectivity index (χ1v) is 6.85. The molecule has 0 spiro atoms. The zero-order chi connectivity index (χ0) is 20.0. The SMILES string of the molecule is Oc1cccc(C(F)(F)C(F)(F)C(F)(F)C(F)(F)c2cccc(O)c2)c1. The molecule has 2 aromatic carbocycles. The summed E-state index contributed by atoms with van der Waals surface area (Å²) in [5, 5.41) is 18.1. The molecule has 142 valence electrons. The van der Waals surface area contributed by atoms with Crippen molar-refractivity contribution >= 4 is 0 Å². The van der Waals surface area contributed by atoms with E-state index < -0.39 is 46.3 Å². The van der Waals surface area contributed by atoms with Crippen molar-refractivity contribution in [2.45, 2.75) is 23.7 Å². The minimum atomic E-state index is -6.54. The lowest BCUT2D eigenvalue weighted by Gasteiger charge is -2.37. The van der Waals surface area contributed by atoms with E-state index in [4.69, 9.17) is 10.2 Å². The average molecular weight is 386 g/mol. The Balaban J connectivity index is 2.57. The summed E-state index contributed by atoms with van der Waals surface area (Å²) >= 11 is 0. The normalized spacial score (nSPS) is 13.7. The van der Waals surface area contributed by atoms with Gasteiger partial charge in [0.25, 0.3) is 0 Å². The van der Waals surface area contributed by atoms with Crippen LogP contribution in [-0.2, 0) is 11.8 Å². The summed E-state index contributed by atoms with van der Waals surface area (Å²) in [5.74, 6) is -26.4. The predicted molar refractivity (Wildman–Crippen MR) is 73.9 cm³/mol. The van der Waals surface area contributed by atoms with Crippen molar-refractivity contribution in [2.75, 3.05) is 0 Å². The Kier molecular flexibility index (Phi) is 4.59. The molecule has 0 aliphatic heterocycles. The van der Waals surface area contributed by atoms with Gasteiger partial charge in [-0.15, -0.1) is 0 Å². The van der Waals surface area contributed by atoms with Crippen LogP contribution in [0.4, 0.5) is 35.1 Å². The van der Waals surface area contributed by atoms with Gasteiger partial charge in [-0.3, -0.25) is 0 Å². The highest BCUT2D eigenvalue weighted by molar-refractivity contribution is 5.35. The van der Waals surface area contributed by atoms with Crippen LogP contribution in [0.3, 0.4) is 0 Å². The summed E-state index contributed by atoms with van der Waals surface area (Å²) in [5.41, 5.74) is -3.54. The number of phenols is 2. The van der Waals surface area contributed by atoms with Crippen molar-refractivity contribution in [1.82, 2.24) is 0 Å². The molecular formula is C16H10F8O2. The third kappa shape index (κ3) is 2.82. The Morgan fingerprint density at radius 2 is 0.846 bits per heavy atom. The van der Waals surface area contributed by atoms with Crippen LogP contribution in [0, 0.1) is 0 Å². The highest BCUT2D eigenvalue weighted by atomic mass is 19.4. The fourth-order valence-corrected chi connectivity index (χ4v) is 2.16. The number of halogens is 8. The Morgan fingerprint density at radius 1 is 0.538 bits per heavy atom. The number of hydrogen-bond donors (Lipinski definition) is 2. The van der Waals surface area contributed by atoms with Gasteiger partial charge < -0.3 is 10.2 Å². The van der Waals surface area contributed by atoms with Crippen molar-refractivity contribution in [3.63, 3.8) is 0 Å². The van der Waals surface area contributed by atoms with Gasteiger partial charge in [0.05, 0.1) is 0 Å². The van der Waals surface area contributed by atoms with E-state index in [-0.39, 0.29) is 24.3 Å². The Morgan fingerprint density at radius 3 is 1.12 bits per heavy atom. The summed E-state index contributed by atoms with van der Waals surface area (Å²) < 4.78 is 112. The molecule has 0 atom stereocenters. The molecule has 0 heterocycles. The molecule has 2 rings (SSSR count). The maximum atomic E-state index is 14.0. The highest BCUT2D eigenvalue weighted by Crippen LogP contribution is 2.59. The van der Waals surface area contributed by atoms with Crippen LogP contribution in [0.15, 0.2) is 48.5 Å². The van der Waals surface area contributed by atoms with Gasteiger partial charge in [0.15, 0.2) is 0 Å². The molecule has 0 fully saturated rings. The van der Waals surface area contributed by atoms with Crippen LogP contribution in [0.5, 0.6) is 11.5 Å². The molecule has 0 unspecified atom stereocenters. The number of benzene rings is 2. The van der Waals surface area contributed by atoms with Gasteiger partial charge in [0, 0.05) is 11.1 Å². The maximum absolute atomic E-state index is 14.0. The van der Waals surface area contributed by atoms with Crippen molar-refractivity contribution in [3.05, 3.63) is 59.7 Å². The summed E-state index contributed by atoms with van der Waals surface area (Å²) in [6.07, 6.45) is 0. The molecule has 0 aromatic heterocycles. The van der Waals surface area contributed by atoms with Gasteiger partial charge in [-0.05, 0) is 24.3 Å². The molecule has 2 aromatic rings. The average Bonchev–Trinajstić information content (AvgIpc) is 2.54. The largest absolute Gasteiger partial charge is 0.508 e. The molecule has 0 aliphatic carbocycles. The molecule has 0 bridgehead atoms. The topological polar surface area (TPSA) is 40.5 Å². The van der Waals surface area contributed by atoms with E-state index in [1.54, 1.807) is 0 Å². The van der Waals surface area contributed by atoms with Gasteiger partial charge >= 0.3 is 23.7 Å². The summed E-state index contributed by atoms with van der Waals surface area (Å²) in [7, 11) is 0. The number of hydrogen-bond acceptors (Lipinski definition) is 2. The van der Waals surface area contributed by atoms with Crippen LogP contribution in [0.25, 0.3) is 0 Å². The lowest BCUT2D eigenvalue weighted by Crippen LogP contribution is -2.59. The van der Waals surface area contributed by atoms with Crippen LogP contribution >= 0.6 is 0 Å². The molecule has 2 nitrogen and oxygen atoms in total. The lowest BCUT2D eigenvalue weighted by molar-refractivity contribution is -0.374. The second-order valence-electron chi connectivity index (χ2n) is 5.40. The Bertz CT molecular complexity index is 737. The monoisotopic (exact) mass is 386 g/mol. The van der Waals surface area contributed by atoms with E-state index in [1.807, 2.05) is 0 Å². The fourth-order valence-electron chi connectivity index (χ4n) is 2.16. The highest BCUT2D eigenvalue weighted by Gasteiger charge is 2.81. The quantitative estimate of drug-likeness (QED) is 0.689.